The average Bonchev–Trinajstić information content (AvgIpc) is 2.78. The van der Waals surface area contributed by atoms with E-state index < -0.39 is 0 Å². The number of para-hydroxylation sites is 1. The fourth-order valence-corrected chi connectivity index (χ4v) is 3.64. The molecule has 0 spiro atoms. The number of nitrogens with one attached hydrogen (secondary N) is 1. The van der Waals surface area contributed by atoms with Crippen LogP contribution in [0.1, 0.15) is 49.2 Å². The van der Waals surface area contributed by atoms with Crippen LogP contribution in [0.15, 0.2) is 60.7 Å². The number of anilines is 1. The van der Waals surface area contributed by atoms with Gasteiger partial charge in [-0.1, -0.05) is 50.6 Å². The third-order valence-corrected chi connectivity index (χ3v) is 5.35. The van der Waals surface area contributed by atoms with Gasteiger partial charge in [-0.05, 0) is 60.4 Å². The van der Waals surface area contributed by atoms with Crippen LogP contribution in [-0.4, -0.2) is 19.6 Å². The molecule has 3 aromatic carbocycles. The monoisotopic (exact) mass is 467 g/mol. The topological polar surface area (TPSA) is 56.8 Å². The number of carbonyl (C=O) groups is 1. The van der Waals surface area contributed by atoms with Crippen molar-refractivity contribution in [2.75, 3.05) is 19.0 Å². The van der Waals surface area contributed by atoms with Gasteiger partial charge in [0.15, 0.2) is 0 Å². The second-order valence-electron chi connectivity index (χ2n) is 8.59. The first-order chi connectivity index (χ1) is 15.7. The highest BCUT2D eigenvalue weighted by Gasteiger charge is 2.19. The Kier molecular flexibility index (Phi) is 7.88. The maximum absolute atomic E-state index is 13.0. The number of hydrogen-bond acceptors (Lipinski definition) is 4. The van der Waals surface area contributed by atoms with Crippen LogP contribution in [0.25, 0.3) is 0 Å². The second-order valence-corrected chi connectivity index (χ2v) is 9.03. The zero-order valence-electron chi connectivity index (χ0n) is 19.7. The summed E-state index contributed by atoms with van der Waals surface area (Å²) in [4.78, 5) is 13.0. The van der Waals surface area contributed by atoms with Crippen LogP contribution in [0.5, 0.6) is 17.2 Å². The molecule has 0 heterocycles. The van der Waals surface area contributed by atoms with Gasteiger partial charge in [0.25, 0.3) is 5.91 Å². The lowest BCUT2D eigenvalue weighted by atomic mass is 9.86. The fraction of sp³-hybridized carbons (Fsp3) is 0.296. The Hall–Kier alpha value is -3.18. The van der Waals surface area contributed by atoms with Crippen LogP contribution in [0.4, 0.5) is 5.69 Å². The molecule has 1 amide bonds. The Morgan fingerprint density at radius 2 is 1.67 bits per heavy atom. The molecular formula is C27H30ClNO4. The summed E-state index contributed by atoms with van der Waals surface area (Å²) in [6, 6.07) is 18.4. The first kappa shape index (κ1) is 24.5. The van der Waals surface area contributed by atoms with Crippen molar-refractivity contribution in [2.45, 2.75) is 39.7 Å². The van der Waals surface area contributed by atoms with Gasteiger partial charge in [-0.3, -0.25) is 4.79 Å². The molecule has 0 aromatic heterocycles. The normalized spacial score (nSPS) is 11.1. The highest BCUT2D eigenvalue weighted by atomic mass is 35.5. The number of hydrogen-bond donors (Lipinski definition) is 1. The van der Waals surface area contributed by atoms with Crippen LogP contribution < -0.4 is 19.5 Å². The number of halogens is 1. The lowest BCUT2D eigenvalue weighted by Gasteiger charge is -2.23. The minimum absolute atomic E-state index is 0.0584. The molecule has 0 aliphatic carbocycles. The van der Waals surface area contributed by atoms with E-state index >= 15 is 0 Å². The summed E-state index contributed by atoms with van der Waals surface area (Å²) in [6.07, 6.45) is 0. The minimum Gasteiger partial charge on any atom is -0.495 e. The van der Waals surface area contributed by atoms with Crippen molar-refractivity contribution in [3.8, 4) is 17.2 Å². The summed E-state index contributed by atoms with van der Waals surface area (Å²) in [6.45, 7) is 9.15. The first-order valence-electron chi connectivity index (χ1n) is 10.9. The van der Waals surface area contributed by atoms with Crippen LogP contribution in [0, 0.1) is 0 Å². The highest BCUT2D eigenvalue weighted by molar-refractivity contribution is 6.31. The van der Waals surface area contributed by atoms with E-state index in [9.17, 15) is 4.79 Å². The largest absolute Gasteiger partial charge is 0.495 e. The molecule has 0 fully saturated rings. The first-order valence-corrected chi connectivity index (χ1v) is 11.2. The van der Waals surface area contributed by atoms with Gasteiger partial charge in [0.05, 0.1) is 19.4 Å². The molecule has 0 radical (unpaired) electrons. The summed E-state index contributed by atoms with van der Waals surface area (Å²) in [5, 5.41) is 3.37. The van der Waals surface area contributed by atoms with Gasteiger partial charge in [0, 0.05) is 16.1 Å². The van der Waals surface area contributed by atoms with Crippen LogP contribution in [0.2, 0.25) is 5.02 Å². The number of rotatable bonds is 8. The second kappa shape index (κ2) is 10.6. The maximum Gasteiger partial charge on any atom is 0.255 e. The summed E-state index contributed by atoms with van der Waals surface area (Å²) >= 11 is 6.09. The third-order valence-electron chi connectivity index (χ3n) is 5.11. The van der Waals surface area contributed by atoms with E-state index in [2.05, 4.69) is 32.2 Å². The third kappa shape index (κ3) is 6.20. The molecule has 174 valence electrons. The van der Waals surface area contributed by atoms with Crippen molar-refractivity contribution >= 4 is 23.2 Å². The van der Waals surface area contributed by atoms with Gasteiger partial charge in [0.2, 0.25) is 0 Å². The number of ether oxygens (including phenoxy) is 3. The van der Waals surface area contributed by atoms with Gasteiger partial charge in [-0.15, -0.1) is 0 Å². The molecule has 5 nitrogen and oxygen atoms in total. The van der Waals surface area contributed by atoms with Crippen molar-refractivity contribution < 1.29 is 19.0 Å². The molecule has 3 rings (SSSR count). The van der Waals surface area contributed by atoms with E-state index in [-0.39, 0.29) is 17.9 Å². The Balaban J connectivity index is 1.86. The van der Waals surface area contributed by atoms with Crippen molar-refractivity contribution in [1.82, 2.24) is 0 Å². The van der Waals surface area contributed by atoms with Crippen molar-refractivity contribution in [3.63, 3.8) is 0 Å². The van der Waals surface area contributed by atoms with E-state index in [0.717, 1.165) is 16.9 Å². The molecule has 0 atom stereocenters. The number of carbonyl (C=O) groups excluding carboxylic acids is 1. The van der Waals surface area contributed by atoms with E-state index in [4.69, 9.17) is 25.8 Å². The molecule has 3 aromatic rings. The molecule has 33 heavy (non-hydrogen) atoms. The van der Waals surface area contributed by atoms with Crippen molar-refractivity contribution in [2.24, 2.45) is 0 Å². The van der Waals surface area contributed by atoms with E-state index in [1.165, 1.54) is 0 Å². The molecule has 6 heteroatoms. The number of amides is 1. The smallest absolute Gasteiger partial charge is 0.255 e. The minimum atomic E-state index is -0.282. The maximum atomic E-state index is 13.0. The van der Waals surface area contributed by atoms with Crippen LogP contribution in [0.3, 0.4) is 0 Å². The molecule has 0 bridgehead atoms. The zero-order valence-corrected chi connectivity index (χ0v) is 20.5. The molecular weight excluding hydrogens is 438 g/mol. The Morgan fingerprint density at radius 1 is 0.939 bits per heavy atom. The Morgan fingerprint density at radius 3 is 2.36 bits per heavy atom. The lowest BCUT2D eigenvalue weighted by Crippen LogP contribution is -2.15. The predicted molar refractivity (Wildman–Crippen MR) is 133 cm³/mol. The van der Waals surface area contributed by atoms with E-state index in [1.807, 2.05) is 25.1 Å². The van der Waals surface area contributed by atoms with Gasteiger partial charge in [-0.25, -0.2) is 0 Å². The average molecular weight is 468 g/mol. The van der Waals surface area contributed by atoms with E-state index in [1.54, 1.807) is 43.5 Å². The molecule has 1 N–H and O–H groups in total. The predicted octanol–water partition coefficient (Wildman–Crippen LogP) is 6.88. The lowest BCUT2D eigenvalue weighted by molar-refractivity contribution is 0.102. The Labute approximate surface area is 200 Å². The zero-order chi connectivity index (χ0) is 24.0. The van der Waals surface area contributed by atoms with Crippen LogP contribution >= 0.6 is 11.6 Å². The number of benzene rings is 3. The fourth-order valence-electron chi connectivity index (χ4n) is 3.47. The van der Waals surface area contributed by atoms with Crippen molar-refractivity contribution in [3.05, 3.63) is 82.4 Å². The van der Waals surface area contributed by atoms with Gasteiger partial charge >= 0.3 is 0 Å². The molecule has 0 saturated carbocycles. The number of methoxy groups -OCH3 is 1. The summed E-state index contributed by atoms with van der Waals surface area (Å²) in [5.74, 6) is 1.74. The molecule has 0 aliphatic rings. The summed E-state index contributed by atoms with van der Waals surface area (Å²) in [5.41, 5.74) is 2.82. The highest BCUT2D eigenvalue weighted by Crippen LogP contribution is 2.33. The molecule has 0 unspecified atom stereocenters. The SMILES string of the molecule is CCOc1ccc(C(=O)Nc2cc(Cl)ccc2OC)cc1COc1ccccc1C(C)(C)C. The quantitative estimate of drug-likeness (QED) is 0.392. The van der Waals surface area contributed by atoms with E-state index in [0.29, 0.717) is 34.4 Å². The van der Waals surface area contributed by atoms with Gasteiger partial charge in [-0.2, -0.15) is 0 Å². The van der Waals surface area contributed by atoms with Gasteiger partial charge in [0.1, 0.15) is 23.9 Å². The standard InChI is InChI=1S/C27H30ClNO4/c1-6-32-23-13-11-18(26(30)29-22-16-20(28)12-14-25(22)31-5)15-19(23)17-33-24-10-8-7-9-21(24)27(2,3)4/h7-16H,6,17H2,1-5H3,(H,29,30). The summed E-state index contributed by atoms with van der Waals surface area (Å²) in [7, 11) is 1.54. The van der Waals surface area contributed by atoms with Gasteiger partial charge < -0.3 is 19.5 Å². The Bertz CT molecular complexity index is 1120. The van der Waals surface area contributed by atoms with Crippen molar-refractivity contribution in [1.29, 1.82) is 0 Å². The molecule has 0 saturated heterocycles. The molecule has 0 aliphatic heterocycles. The van der Waals surface area contributed by atoms with Crippen LogP contribution in [-0.2, 0) is 12.0 Å². The summed E-state index contributed by atoms with van der Waals surface area (Å²) < 4.78 is 17.3.